The molecule has 0 bridgehead atoms. The monoisotopic (exact) mass is 504 g/mol. The Morgan fingerprint density at radius 2 is 1.03 bits per heavy atom. The van der Waals surface area contributed by atoms with Gasteiger partial charge in [-0.05, 0) is 0 Å². The molecule has 2 aromatic carbocycles. The van der Waals surface area contributed by atoms with Crippen LogP contribution in [0.25, 0.3) is 0 Å². The van der Waals surface area contributed by atoms with Gasteiger partial charge in [0, 0.05) is 0 Å². The summed E-state index contributed by atoms with van der Waals surface area (Å²) in [6.45, 7) is 13.3. The molecule has 0 atom stereocenters. The molecule has 0 saturated carbocycles. The third kappa shape index (κ3) is 6.41. The van der Waals surface area contributed by atoms with Crippen molar-refractivity contribution < 1.29 is 6.15 Å². The molecule has 0 aliphatic rings. The van der Waals surface area contributed by atoms with Crippen LogP contribution in [0.15, 0.2) is 24.3 Å². The first-order chi connectivity index (χ1) is 13.7. The summed E-state index contributed by atoms with van der Waals surface area (Å²) in [7, 11) is 0. The van der Waals surface area contributed by atoms with E-state index in [0.29, 0.717) is 0 Å². The molecule has 3 heteroatoms. The summed E-state index contributed by atoms with van der Waals surface area (Å²) in [5.41, 5.74) is 8.15. The molecule has 29 heavy (non-hydrogen) atoms. The first-order valence-corrected chi connectivity index (χ1v) is 19.3. The fourth-order valence-corrected chi connectivity index (χ4v) is 8.00. The maximum atomic E-state index is 6.69. The first kappa shape index (κ1) is 24.1. The predicted octanol–water partition coefficient (Wildman–Crippen LogP) is 7.77. The molecule has 0 fully saturated rings. The number of rotatable bonds is 10. The number of hydrogen-bond donors (Lipinski definition) is 0. The van der Waals surface area contributed by atoms with Crippen LogP contribution < -0.4 is 6.15 Å². The van der Waals surface area contributed by atoms with Gasteiger partial charge in [-0.1, -0.05) is 0 Å². The summed E-state index contributed by atoms with van der Waals surface area (Å²) < 4.78 is 13.4. The second kappa shape index (κ2) is 10.7. The Morgan fingerprint density at radius 3 is 1.38 bits per heavy atom. The standard InChI is InChI=1S/2C12H18O.2CH3.Sn/c2*1-4-5-6-11-10(3)9(2)7-8-12(11)13;;;/h2*7-8,13H,4-6H2,1-3H3;2*1H3;/q;;;;+2/p-2. The van der Waals surface area contributed by atoms with Crippen LogP contribution in [-0.4, -0.2) is 19.2 Å². The summed E-state index contributed by atoms with van der Waals surface area (Å²) in [6, 6.07) is 8.69. The van der Waals surface area contributed by atoms with Crippen molar-refractivity contribution in [1.82, 2.24) is 0 Å². The predicted molar refractivity (Wildman–Crippen MR) is 128 cm³/mol. The molecular weight excluding hydrogens is 463 g/mol. The quantitative estimate of drug-likeness (QED) is 0.309. The fraction of sp³-hybridized carbons (Fsp3) is 0.538. The van der Waals surface area contributed by atoms with Crippen LogP contribution in [0, 0.1) is 27.7 Å². The van der Waals surface area contributed by atoms with Gasteiger partial charge in [-0.2, -0.15) is 0 Å². The molecule has 2 aromatic rings. The molecule has 0 aliphatic carbocycles. The van der Waals surface area contributed by atoms with Crippen LogP contribution in [0.1, 0.15) is 72.9 Å². The number of hydrogen-bond acceptors (Lipinski definition) is 2. The summed E-state index contributed by atoms with van der Waals surface area (Å²) in [5, 5.41) is 0. The van der Waals surface area contributed by atoms with E-state index >= 15 is 0 Å². The molecule has 0 N–H and O–H groups in total. The van der Waals surface area contributed by atoms with Gasteiger partial charge < -0.3 is 0 Å². The van der Waals surface area contributed by atoms with Crippen LogP contribution in [0.4, 0.5) is 0 Å². The van der Waals surface area contributed by atoms with Gasteiger partial charge in [0.05, 0.1) is 0 Å². The molecule has 2 nitrogen and oxygen atoms in total. The zero-order valence-electron chi connectivity index (χ0n) is 19.9. The Labute approximate surface area is 184 Å². The molecular formula is C26H40O2Sn. The first-order valence-electron chi connectivity index (χ1n) is 11.3. The molecule has 160 valence electrons. The molecule has 0 aromatic heterocycles. The van der Waals surface area contributed by atoms with Gasteiger partial charge in [0.15, 0.2) is 0 Å². The second-order valence-corrected chi connectivity index (χ2v) is 17.9. The van der Waals surface area contributed by atoms with E-state index in [1.54, 1.807) is 0 Å². The van der Waals surface area contributed by atoms with Gasteiger partial charge in [0.25, 0.3) is 0 Å². The van der Waals surface area contributed by atoms with Crippen molar-refractivity contribution in [2.45, 2.75) is 89.9 Å². The normalized spacial score (nSPS) is 11.6. The van der Waals surface area contributed by atoms with Gasteiger partial charge >= 0.3 is 184 Å². The Hall–Kier alpha value is -1.16. The van der Waals surface area contributed by atoms with Gasteiger partial charge in [-0.15, -0.1) is 0 Å². The third-order valence-electron chi connectivity index (χ3n) is 5.92. The van der Waals surface area contributed by atoms with Crippen LogP contribution in [0.3, 0.4) is 0 Å². The molecule has 0 amide bonds. The second-order valence-electron chi connectivity index (χ2n) is 8.78. The third-order valence-corrected chi connectivity index (χ3v) is 9.99. The van der Waals surface area contributed by atoms with E-state index in [9.17, 15) is 0 Å². The Bertz CT molecular complexity index is 756. The maximum absolute atomic E-state index is 6.69. The van der Waals surface area contributed by atoms with E-state index in [4.69, 9.17) is 6.15 Å². The number of unbranched alkanes of at least 4 members (excludes halogenated alkanes) is 2. The van der Waals surface area contributed by atoms with Crippen molar-refractivity contribution >= 4 is 19.2 Å². The van der Waals surface area contributed by atoms with Crippen molar-refractivity contribution in [2.24, 2.45) is 0 Å². The van der Waals surface area contributed by atoms with E-state index in [-0.39, 0.29) is 0 Å². The van der Waals surface area contributed by atoms with E-state index in [1.807, 2.05) is 0 Å². The summed E-state index contributed by atoms with van der Waals surface area (Å²) >= 11 is -3.26. The minimum absolute atomic E-state index is 1.04. The van der Waals surface area contributed by atoms with Crippen molar-refractivity contribution in [3.63, 3.8) is 0 Å². The van der Waals surface area contributed by atoms with Crippen molar-refractivity contribution in [3.05, 3.63) is 57.6 Å². The molecule has 0 heterocycles. The Kier molecular flexibility index (Phi) is 8.93. The van der Waals surface area contributed by atoms with Gasteiger partial charge in [-0.3, -0.25) is 0 Å². The topological polar surface area (TPSA) is 18.5 Å². The van der Waals surface area contributed by atoms with Crippen molar-refractivity contribution in [3.8, 4) is 11.5 Å². The van der Waals surface area contributed by atoms with E-state index in [1.165, 1.54) is 59.1 Å². The van der Waals surface area contributed by atoms with Crippen LogP contribution in [0.2, 0.25) is 9.88 Å². The molecule has 0 radical (unpaired) electrons. The van der Waals surface area contributed by atoms with Crippen LogP contribution in [0.5, 0.6) is 11.5 Å². The molecule has 0 unspecified atom stereocenters. The molecule has 0 saturated heterocycles. The summed E-state index contributed by atoms with van der Waals surface area (Å²) in [4.78, 5) is 4.46. The Morgan fingerprint density at radius 1 is 0.655 bits per heavy atom. The zero-order chi connectivity index (χ0) is 21.6. The van der Waals surface area contributed by atoms with Gasteiger partial charge in [0.2, 0.25) is 0 Å². The minimum atomic E-state index is -3.26. The van der Waals surface area contributed by atoms with Gasteiger partial charge in [0.1, 0.15) is 0 Å². The number of benzene rings is 2. The summed E-state index contributed by atoms with van der Waals surface area (Å²) in [6.07, 6.45) is 6.92. The zero-order valence-corrected chi connectivity index (χ0v) is 22.7. The van der Waals surface area contributed by atoms with Gasteiger partial charge in [-0.25, -0.2) is 0 Å². The molecule has 0 spiro atoms. The molecule has 2 rings (SSSR count). The number of aryl methyl sites for hydroxylation is 2. The Balaban J connectivity index is 2.32. The molecule has 0 aliphatic heterocycles. The van der Waals surface area contributed by atoms with E-state index in [2.05, 4.69) is 75.7 Å². The van der Waals surface area contributed by atoms with Crippen LogP contribution >= 0.6 is 0 Å². The van der Waals surface area contributed by atoms with E-state index in [0.717, 1.165) is 24.3 Å². The summed E-state index contributed by atoms with van der Waals surface area (Å²) in [5.74, 6) is 2.09. The van der Waals surface area contributed by atoms with Crippen molar-refractivity contribution in [2.75, 3.05) is 0 Å². The van der Waals surface area contributed by atoms with Crippen LogP contribution in [-0.2, 0) is 12.8 Å². The average Bonchev–Trinajstić information content (AvgIpc) is 2.67. The van der Waals surface area contributed by atoms with E-state index < -0.39 is 19.2 Å². The fourth-order valence-electron chi connectivity index (χ4n) is 3.77. The average molecular weight is 503 g/mol. The SMILES string of the molecule is CCCCc1c([O][Sn]([CH3])([CH3])[O]c2ccc(C)c(C)c2CCCC)ccc(C)c1C. The van der Waals surface area contributed by atoms with Crippen molar-refractivity contribution in [1.29, 1.82) is 0 Å².